The summed E-state index contributed by atoms with van der Waals surface area (Å²) in [4.78, 5) is 41.9. The van der Waals surface area contributed by atoms with Crippen molar-refractivity contribution in [1.29, 1.82) is 0 Å². The summed E-state index contributed by atoms with van der Waals surface area (Å²) in [5.74, 6) is -0.897. The minimum absolute atomic E-state index is 0.223. The van der Waals surface area contributed by atoms with Crippen molar-refractivity contribution in [3.05, 3.63) is 90.5 Å². The van der Waals surface area contributed by atoms with Gasteiger partial charge in [-0.3, -0.25) is 19.3 Å². The second-order valence-electron chi connectivity index (χ2n) is 8.55. The Balaban J connectivity index is 1.47. The molecule has 5 rings (SSSR count). The van der Waals surface area contributed by atoms with Gasteiger partial charge in [-0.2, -0.15) is 0 Å². The number of nitrogens with one attached hydrogen (secondary N) is 2. The van der Waals surface area contributed by atoms with Crippen LogP contribution in [0.5, 0.6) is 0 Å². The molecule has 1 aliphatic heterocycles. The largest absolute Gasteiger partial charge is 0.377 e. The maximum Gasteiger partial charge on any atom is 0.257 e. The van der Waals surface area contributed by atoms with Gasteiger partial charge in [0.2, 0.25) is 11.8 Å². The van der Waals surface area contributed by atoms with Crippen molar-refractivity contribution >= 4 is 56.9 Å². The summed E-state index contributed by atoms with van der Waals surface area (Å²) in [5, 5.41) is 7.66. The molecule has 0 aliphatic carbocycles. The number of anilines is 5. The van der Waals surface area contributed by atoms with E-state index >= 15 is 0 Å². The molecule has 7 nitrogen and oxygen atoms in total. The van der Waals surface area contributed by atoms with Crippen molar-refractivity contribution in [2.45, 2.75) is 6.42 Å². The van der Waals surface area contributed by atoms with Crippen LogP contribution in [0.25, 0.3) is 10.8 Å². The van der Waals surface area contributed by atoms with Crippen LogP contribution in [0, 0.1) is 0 Å². The van der Waals surface area contributed by atoms with E-state index in [2.05, 4.69) is 10.6 Å². The summed E-state index contributed by atoms with van der Waals surface area (Å²) in [6.45, 7) is 0. The normalized spacial score (nSPS) is 13.1. The molecule has 2 N–H and O–H groups in total. The second-order valence-corrected chi connectivity index (χ2v) is 8.55. The molecule has 0 fully saturated rings. The van der Waals surface area contributed by atoms with E-state index in [9.17, 15) is 14.4 Å². The number of nitrogens with zero attached hydrogens (tertiary/aromatic N) is 2. The zero-order chi connectivity index (χ0) is 24.5. The summed E-state index contributed by atoms with van der Waals surface area (Å²) < 4.78 is 0. The van der Waals surface area contributed by atoms with E-state index in [1.807, 2.05) is 73.6 Å². The lowest BCUT2D eigenvalue weighted by Crippen LogP contribution is -2.26. The van der Waals surface area contributed by atoms with Crippen molar-refractivity contribution < 1.29 is 14.4 Å². The standard InChI is InChI=1S/C28H24N4O3/c1-31(2)23-10-6-5-9-22(23)28(35)29-19-12-14-20(15-13-19)32-24-16-11-18-7-3-4-8-21(18)27(24)30-25(33)17-26(32)34/h3-16H,17H2,1-2H3,(H,29,35)(H,30,33). The average molecular weight is 465 g/mol. The quantitative estimate of drug-likeness (QED) is 0.409. The minimum Gasteiger partial charge on any atom is -0.377 e. The van der Waals surface area contributed by atoms with E-state index in [1.54, 1.807) is 35.2 Å². The summed E-state index contributed by atoms with van der Waals surface area (Å²) in [7, 11) is 3.78. The molecule has 0 spiro atoms. The van der Waals surface area contributed by atoms with Crippen LogP contribution in [0.2, 0.25) is 0 Å². The van der Waals surface area contributed by atoms with Gasteiger partial charge in [-0.05, 0) is 47.9 Å². The highest BCUT2D eigenvalue weighted by atomic mass is 16.2. The van der Waals surface area contributed by atoms with E-state index in [0.717, 1.165) is 16.5 Å². The SMILES string of the molecule is CN(C)c1ccccc1C(=O)Nc1ccc(N2C(=O)CC(=O)Nc3c2ccc2ccccc32)cc1. The maximum atomic E-state index is 13.1. The molecule has 0 radical (unpaired) electrons. The Morgan fingerprint density at radius 2 is 1.60 bits per heavy atom. The molecule has 3 amide bonds. The molecule has 0 aromatic heterocycles. The van der Waals surface area contributed by atoms with E-state index in [-0.39, 0.29) is 24.1 Å². The maximum absolute atomic E-state index is 13.1. The predicted octanol–water partition coefficient (Wildman–Crippen LogP) is 5.17. The molecule has 4 aromatic carbocycles. The van der Waals surface area contributed by atoms with Gasteiger partial charge >= 0.3 is 0 Å². The third-order valence-electron chi connectivity index (χ3n) is 5.99. The van der Waals surface area contributed by atoms with Crippen LogP contribution in [0.1, 0.15) is 16.8 Å². The summed E-state index contributed by atoms with van der Waals surface area (Å²) in [5.41, 5.74) is 3.80. The van der Waals surface area contributed by atoms with Crippen LogP contribution < -0.4 is 20.4 Å². The molecule has 7 heteroatoms. The van der Waals surface area contributed by atoms with Crippen LogP contribution >= 0.6 is 0 Å². The molecule has 174 valence electrons. The number of fused-ring (bicyclic) bond motifs is 3. The van der Waals surface area contributed by atoms with E-state index in [0.29, 0.717) is 28.3 Å². The van der Waals surface area contributed by atoms with Gasteiger partial charge < -0.3 is 15.5 Å². The topological polar surface area (TPSA) is 81.8 Å². The van der Waals surface area contributed by atoms with Crippen LogP contribution in [-0.2, 0) is 9.59 Å². The first-order valence-corrected chi connectivity index (χ1v) is 11.2. The van der Waals surface area contributed by atoms with Crippen molar-refractivity contribution in [2.24, 2.45) is 0 Å². The van der Waals surface area contributed by atoms with Gasteiger partial charge in [0, 0.05) is 36.5 Å². The fraction of sp³-hybridized carbons (Fsp3) is 0.107. The van der Waals surface area contributed by atoms with Crippen molar-refractivity contribution in [2.75, 3.05) is 34.5 Å². The number of rotatable bonds is 4. The second kappa shape index (κ2) is 8.95. The number of carbonyl (C=O) groups is 3. The highest BCUT2D eigenvalue weighted by molar-refractivity contribution is 6.21. The fourth-order valence-corrected chi connectivity index (χ4v) is 4.34. The Hall–Kier alpha value is -4.65. The average Bonchev–Trinajstić information content (AvgIpc) is 2.99. The lowest BCUT2D eigenvalue weighted by molar-refractivity contribution is -0.124. The van der Waals surface area contributed by atoms with E-state index in [1.165, 1.54) is 0 Å². The first kappa shape index (κ1) is 22.2. The van der Waals surface area contributed by atoms with Gasteiger partial charge in [-0.25, -0.2) is 0 Å². The Morgan fingerprint density at radius 3 is 2.37 bits per heavy atom. The Labute approximate surface area is 203 Å². The zero-order valence-electron chi connectivity index (χ0n) is 19.4. The Bertz CT molecular complexity index is 1460. The first-order chi connectivity index (χ1) is 16.9. The van der Waals surface area contributed by atoms with Gasteiger partial charge in [0.15, 0.2) is 0 Å². The first-order valence-electron chi connectivity index (χ1n) is 11.2. The molecular weight excluding hydrogens is 440 g/mol. The van der Waals surface area contributed by atoms with Crippen LogP contribution in [0.3, 0.4) is 0 Å². The molecule has 0 unspecified atom stereocenters. The van der Waals surface area contributed by atoms with Crippen LogP contribution in [0.15, 0.2) is 84.9 Å². The highest BCUT2D eigenvalue weighted by Gasteiger charge is 2.28. The summed E-state index contributed by atoms with van der Waals surface area (Å²) >= 11 is 0. The monoisotopic (exact) mass is 464 g/mol. The van der Waals surface area contributed by atoms with Gasteiger partial charge in [-0.1, -0.05) is 42.5 Å². The number of benzene rings is 4. The number of para-hydroxylation sites is 1. The van der Waals surface area contributed by atoms with Crippen molar-refractivity contribution in [3.63, 3.8) is 0 Å². The third kappa shape index (κ3) is 4.19. The van der Waals surface area contributed by atoms with Gasteiger partial charge in [0.05, 0.1) is 16.9 Å². The van der Waals surface area contributed by atoms with Crippen LogP contribution in [-0.4, -0.2) is 31.8 Å². The zero-order valence-corrected chi connectivity index (χ0v) is 19.4. The molecule has 4 aromatic rings. The molecule has 0 atom stereocenters. The number of amides is 3. The van der Waals surface area contributed by atoms with Crippen molar-refractivity contribution in [1.82, 2.24) is 0 Å². The van der Waals surface area contributed by atoms with Gasteiger partial charge in [0.25, 0.3) is 5.91 Å². The van der Waals surface area contributed by atoms with E-state index in [4.69, 9.17) is 0 Å². The molecule has 0 saturated heterocycles. The van der Waals surface area contributed by atoms with E-state index < -0.39 is 0 Å². The highest BCUT2D eigenvalue weighted by Crippen LogP contribution is 2.40. The smallest absolute Gasteiger partial charge is 0.257 e. The minimum atomic E-state index is -0.349. The summed E-state index contributed by atoms with van der Waals surface area (Å²) in [6.07, 6.45) is -0.261. The van der Waals surface area contributed by atoms with Crippen LogP contribution in [0.4, 0.5) is 28.4 Å². The molecule has 1 heterocycles. The van der Waals surface area contributed by atoms with Gasteiger partial charge in [0.1, 0.15) is 6.42 Å². The Kier molecular flexibility index (Phi) is 5.66. The van der Waals surface area contributed by atoms with Crippen molar-refractivity contribution in [3.8, 4) is 0 Å². The fourth-order valence-electron chi connectivity index (χ4n) is 4.34. The molecule has 35 heavy (non-hydrogen) atoms. The number of hydrogen-bond acceptors (Lipinski definition) is 4. The molecule has 0 bridgehead atoms. The Morgan fingerprint density at radius 1 is 0.886 bits per heavy atom. The molecular formula is C28H24N4O3. The van der Waals surface area contributed by atoms with Gasteiger partial charge in [-0.15, -0.1) is 0 Å². The summed E-state index contributed by atoms with van der Waals surface area (Å²) in [6, 6.07) is 25.9. The predicted molar refractivity (Wildman–Crippen MR) is 140 cm³/mol. The lowest BCUT2D eigenvalue weighted by Gasteiger charge is -2.23. The molecule has 0 saturated carbocycles. The number of hydrogen-bond donors (Lipinski definition) is 2. The lowest BCUT2D eigenvalue weighted by atomic mass is 10.1. The third-order valence-corrected chi connectivity index (χ3v) is 5.99. The number of carbonyl (C=O) groups excluding carboxylic acids is 3. The molecule has 1 aliphatic rings.